The van der Waals surface area contributed by atoms with Crippen LogP contribution in [-0.2, 0) is 4.79 Å². The van der Waals surface area contributed by atoms with E-state index in [1.165, 1.54) is 55.9 Å². The van der Waals surface area contributed by atoms with Gasteiger partial charge in [0.05, 0.1) is 0 Å². The number of carbonyl (C=O) groups is 1. The fourth-order valence-corrected chi connectivity index (χ4v) is 7.47. The van der Waals surface area contributed by atoms with Gasteiger partial charge in [0.15, 0.2) is 5.78 Å². The van der Waals surface area contributed by atoms with Crippen LogP contribution < -0.4 is 0 Å². The normalized spacial score (nSPS) is 45.2. The van der Waals surface area contributed by atoms with Crippen molar-refractivity contribution in [1.29, 1.82) is 0 Å². The molecule has 0 N–H and O–H groups in total. The zero-order chi connectivity index (χ0) is 16.1. The monoisotopic (exact) mass is 334 g/mol. The van der Waals surface area contributed by atoms with Crippen LogP contribution in [0.5, 0.6) is 0 Å². The number of hydrogen-bond donors (Lipinski definition) is 0. The first-order valence-electron chi connectivity index (χ1n) is 9.17. The van der Waals surface area contributed by atoms with Crippen LogP contribution in [0.1, 0.15) is 51.9 Å². The molecule has 0 heterocycles. The van der Waals surface area contributed by atoms with Gasteiger partial charge in [-0.1, -0.05) is 25.0 Å². The molecule has 3 saturated carbocycles. The Labute approximate surface area is 143 Å². The molecule has 1 nitrogen and oxygen atoms in total. The van der Waals surface area contributed by atoms with Crippen LogP contribution in [0.4, 0.5) is 4.39 Å². The Bertz CT molecular complexity index is 568. The van der Waals surface area contributed by atoms with E-state index in [-0.39, 0.29) is 17.2 Å². The molecule has 0 amide bonds. The molecule has 3 heteroatoms. The molecular weight excluding hydrogens is 307 g/mol. The maximum absolute atomic E-state index is 12.8. The molecule has 0 aromatic heterocycles. The van der Waals surface area contributed by atoms with Gasteiger partial charge in [0, 0.05) is 11.2 Å². The van der Waals surface area contributed by atoms with Crippen molar-refractivity contribution in [2.24, 2.45) is 28.6 Å². The quantitative estimate of drug-likeness (QED) is 0.694. The van der Waals surface area contributed by atoms with Gasteiger partial charge in [-0.15, -0.1) is 11.8 Å². The van der Waals surface area contributed by atoms with Crippen LogP contribution in [0.2, 0.25) is 0 Å². The second-order valence-corrected chi connectivity index (χ2v) is 9.27. The largest absolute Gasteiger partial charge is 0.290 e. The van der Waals surface area contributed by atoms with Crippen molar-refractivity contribution in [3.63, 3.8) is 0 Å². The number of rotatable bonds is 3. The van der Waals surface area contributed by atoms with Gasteiger partial charge in [0.1, 0.15) is 6.01 Å². The number of allylic oxidation sites excluding steroid dienone is 4. The van der Waals surface area contributed by atoms with E-state index < -0.39 is 0 Å². The summed E-state index contributed by atoms with van der Waals surface area (Å²) in [6.45, 7) is 2.36. The van der Waals surface area contributed by atoms with Crippen molar-refractivity contribution >= 4 is 17.5 Å². The third-order valence-corrected chi connectivity index (χ3v) is 8.48. The van der Waals surface area contributed by atoms with Crippen molar-refractivity contribution in [3.05, 3.63) is 23.8 Å². The van der Waals surface area contributed by atoms with Crippen LogP contribution in [0.25, 0.3) is 0 Å². The number of fused-ring (bicyclic) bond motifs is 5. The minimum atomic E-state index is -0.238. The van der Waals surface area contributed by atoms with Crippen LogP contribution >= 0.6 is 11.8 Å². The van der Waals surface area contributed by atoms with Crippen molar-refractivity contribution < 1.29 is 9.18 Å². The molecule has 3 fully saturated rings. The van der Waals surface area contributed by atoms with E-state index in [9.17, 15) is 9.18 Å². The first-order valence-corrected chi connectivity index (χ1v) is 10.3. The van der Waals surface area contributed by atoms with Crippen LogP contribution in [0.15, 0.2) is 23.8 Å². The van der Waals surface area contributed by atoms with E-state index in [2.05, 4.69) is 13.0 Å². The molecule has 0 radical (unpaired) electrons. The highest BCUT2D eigenvalue weighted by molar-refractivity contribution is 7.99. The first-order chi connectivity index (χ1) is 11.1. The molecule has 4 aliphatic carbocycles. The topological polar surface area (TPSA) is 17.1 Å². The van der Waals surface area contributed by atoms with Crippen molar-refractivity contribution in [3.8, 4) is 0 Å². The molecule has 4 aliphatic rings. The molecule has 0 aromatic rings. The van der Waals surface area contributed by atoms with E-state index in [0.29, 0.717) is 11.3 Å². The Morgan fingerprint density at radius 1 is 1.26 bits per heavy atom. The molecule has 126 valence electrons. The lowest BCUT2D eigenvalue weighted by molar-refractivity contribution is -0.111. The standard InChI is InChI=1S/C20H27FOS/c1-19-9-6-15(22)11-14(19)4-5-16-17(19)7-10-20(12-23-13-21)8-2-3-18(16)20/h6,9,11,16-18H,2-5,7-8,10,12-13H2,1H3/t16-,17+,18+,19+,20+/m1/s1. The van der Waals surface area contributed by atoms with Gasteiger partial charge in [-0.2, -0.15) is 0 Å². The van der Waals surface area contributed by atoms with Gasteiger partial charge in [0.25, 0.3) is 0 Å². The minimum absolute atomic E-state index is 0.0960. The van der Waals surface area contributed by atoms with Gasteiger partial charge < -0.3 is 0 Å². The van der Waals surface area contributed by atoms with Gasteiger partial charge in [-0.05, 0) is 73.8 Å². The highest BCUT2D eigenvalue weighted by Crippen LogP contribution is 2.65. The average Bonchev–Trinajstić information content (AvgIpc) is 2.98. The zero-order valence-corrected chi connectivity index (χ0v) is 14.8. The van der Waals surface area contributed by atoms with E-state index in [0.717, 1.165) is 24.0 Å². The Kier molecular flexibility index (Phi) is 3.98. The summed E-state index contributed by atoms with van der Waals surface area (Å²) >= 11 is 1.51. The molecule has 5 atom stereocenters. The SMILES string of the molecule is C[C@]12C=CC(=O)C=C1CC[C@H]1[C@@H]3CCC[C@@]3(CSCF)CC[C@@H]12. The summed E-state index contributed by atoms with van der Waals surface area (Å²) in [7, 11) is 0. The molecule has 0 aliphatic heterocycles. The Hall–Kier alpha value is -0.570. The predicted octanol–water partition coefficient (Wildman–Crippen LogP) is 5.32. The number of alkyl halides is 1. The predicted molar refractivity (Wildman–Crippen MR) is 94.0 cm³/mol. The molecule has 0 saturated heterocycles. The summed E-state index contributed by atoms with van der Waals surface area (Å²) in [5.74, 6) is 3.42. The average molecular weight is 335 g/mol. The van der Waals surface area contributed by atoms with Crippen molar-refractivity contribution in [2.75, 3.05) is 11.8 Å². The Balaban J connectivity index is 1.63. The molecule has 0 unspecified atom stereocenters. The lowest BCUT2D eigenvalue weighted by Crippen LogP contribution is -2.49. The number of hydrogen-bond acceptors (Lipinski definition) is 2. The number of thioether (sulfide) groups is 1. The molecule has 23 heavy (non-hydrogen) atoms. The fourth-order valence-electron chi connectivity index (χ4n) is 6.48. The van der Waals surface area contributed by atoms with Crippen LogP contribution in [0.3, 0.4) is 0 Å². The summed E-state index contributed by atoms with van der Waals surface area (Å²) in [4.78, 5) is 11.8. The van der Waals surface area contributed by atoms with Crippen LogP contribution in [-0.4, -0.2) is 17.5 Å². The molecular formula is C20H27FOS. The molecule has 0 aromatic carbocycles. The fraction of sp³-hybridized carbons (Fsp3) is 0.750. The molecule has 4 rings (SSSR count). The van der Waals surface area contributed by atoms with E-state index in [1.807, 2.05) is 6.08 Å². The Morgan fingerprint density at radius 2 is 2.13 bits per heavy atom. The summed E-state index contributed by atoms with van der Waals surface area (Å²) in [6, 6.07) is -0.238. The Morgan fingerprint density at radius 3 is 2.96 bits per heavy atom. The van der Waals surface area contributed by atoms with E-state index in [4.69, 9.17) is 0 Å². The van der Waals surface area contributed by atoms with Gasteiger partial charge in [-0.3, -0.25) is 4.79 Å². The minimum Gasteiger partial charge on any atom is -0.290 e. The third kappa shape index (κ3) is 2.37. The number of halogens is 1. The summed E-state index contributed by atoms with van der Waals surface area (Å²) in [6.07, 6.45) is 14.7. The highest BCUT2D eigenvalue weighted by Gasteiger charge is 2.56. The van der Waals surface area contributed by atoms with Gasteiger partial charge in [-0.25, -0.2) is 4.39 Å². The second kappa shape index (κ2) is 5.75. The third-order valence-electron chi connectivity index (χ3n) is 7.55. The van der Waals surface area contributed by atoms with E-state index >= 15 is 0 Å². The summed E-state index contributed by atoms with van der Waals surface area (Å²) in [5, 5.41) is 0. The maximum Gasteiger partial charge on any atom is 0.178 e. The smallest absolute Gasteiger partial charge is 0.178 e. The number of carbonyl (C=O) groups excluding carboxylic acids is 1. The van der Waals surface area contributed by atoms with E-state index in [1.54, 1.807) is 6.08 Å². The van der Waals surface area contributed by atoms with Gasteiger partial charge >= 0.3 is 0 Å². The highest BCUT2D eigenvalue weighted by atomic mass is 32.2. The number of ketones is 1. The molecule has 0 bridgehead atoms. The lowest BCUT2D eigenvalue weighted by Gasteiger charge is -2.56. The maximum atomic E-state index is 12.8. The van der Waals surface area contributed by atoms with Crippen molar-refractivity contribution in [2.45, 2.75) is 51.9 Å². The lowest BCUT2D eigenvalue weighted by atomic mass is 9.48. The summed E-state index contributed by atoms with van der Waals surface area (Å²) < 4.78 is 12.8. The molecule has 0 spiro atoms. The van der Waals surface area contributed by atoms with Crippen molar-refractivity contribution in [1.82, 2.24) is 0 Å². The zero-order valence-electron chi connectivity index (χ0n) is 14.0. The second-order valence-electron chi connectivity index (χ2n) is 8.35. The first kappa shape index (κ1) is 15.9. The van der Waals surface area contributed by atoms with Gasteiger partial charge in [0.2, 0.25) is 0 Å². The van der Waals surface area contributed by atoms with Crippen LogP contribution in [0, 0.1) is 28.6 Å². The summed E-state index contributed by atoms with van der Waals surface area (Å²) in [5.41, 5.74) is 1.87.